The number of carbonyl (C=O) groups is 1. The number of urea groups is 1. The summed E-state index contributed by atoms with van der Waals surface area (Å²) in [5.74, 6) is 0.672. The highest BCUT2D eigenvalue weighted by atomic mass is 35.5. The first-order valence-electron chi connectivity index (χ1n) is 7.56. The number of nitrogens with one attached hydrogen (secondary N) is 1. The molecule has 0 radical (unpaired) electrons. The van der Waals surface area contributed by atoms with E-state index in [2.05, 4.69) is 5.32 Å². The lowest BCUT2D eigenvalue weighted by Crippen LogP contribution is -2.42. The summed E-state index contributed by atoms with van der Waals surface area (Å²) < 4.78 is 11.2. The van der Waals surface area contributed by atoms with Gasteiger partial charge in [0.05, 0.1) is 17.7 Å². The lowest BCUT2D eigenvalue weighted by Gasteiger charge is -2.21. The van der Waals surface area contributed by atoms with E-state index >= 15 is 0 Å². The summed E-state index contributed by atoms with van der Waals surface area (Å²) in [6.07, 6.45) is 2.26. The molecule has 0 bridgehead atoms. The van der Waals surface area contributed by atoms with Gasteiger partial charge in [-0.3, -0.25) is 0 Å². The maximum absolute atomic E-state index is 12.0. The molecule has 1 heterocycles. The number of para-hydroxylation sites is 1. The van der Waals surface area contributed by atoms with Crippen LogP contribution in [-0.2, 0) is 4.74 Å². The van der Waals surface area contributed by atoms with Crippen LogP contribution >= 0.6 is 11.6 Å². The van der Waals surface area contributed by atoms with E-state index in [4.69, 9.17) is 21.1 Å². The first kappa shape index (κ1) is 16.9. The molecule has 1 aromatic carbocycles. The molecule has 5 nitrogen and oxygen atoms in total. The van der Waals surface area contributed by atoms with E-state index in [1.54, 1.807) is 18.0 Å². The molecule has 1 unspecified atom stereocenters. The average molecular weight is 327 g/mol. The predicted octanol–water partition coefficient (Wildman–Crippen LogP) is 2.85. The van der Waals surface area contributed by atoms with Crippen molar-refractivity contribution in [3.63, 3.8) is 0 Å². The van der Waals surface area contributed by atoms with Crippen LogP contribution in [0.2, 0.25) is 5.02 Å². The molecule has 0 aromatic heterocycles. The zero-order chi connectivity index (χ0) is 15.9. The average Bonchev–Trinajstić information content (AvgIpc) is 2.98. The number of rotatable bonds is 6. The number of likely N-dealkylation sites (N-methyl/N-ethyl adjacent to an activating group) is 1. The molecule has 0 spiro atoms. The van der Waals surface area contributed by atoms with Crippen molar-refractivity contribution in [1.29, 1.82) is 0 Å². The van der Waals surface area contributed by atoms with Gasteiger partial charge < -0.3 is 19.7 Å². The minimum Gasteiger partial charge on any atom is -0.490 e. The second-order valence-corrected chi connectivity index (χ2v) is 5.89. The zero-order valence-electron chi connectivity index (χ0n) is 13.1. The smallest absolute Gasteiger partial charge is 0.317 e. The Kier molecular flexibility index (Phi) is 6.34. The quantitative estimate of drug-likeness (QED) is 0.818. The van der Waals surface area contributed by atoms with E-state index in [0.29, 0.717) is 30.5 Å². The SMILES string of the molecule is Cc1cccc(Cl)c1OCCNC(=O)N(C)CC1CCCO1. The number of hydrogen-bond acceptors (Lipinski definition) is 3. The fraction of sp³-hybridized carbons (Fsp3) is 0.562. The summed E-state index contributed by atoms with van der Waals surface area (Å²) in [6.45, 7) is 4.17. The zero-order valence-corrected chi connectivity index (χ0v) is 13.9. The van der Waals surface area contributed by atoms with Gasteiger partial charge in [0.25, 0.3) is 0 Å². The Balaban J connectivity index is 1.68. The van der Waals surface area contributed by atoms with Gasteiger partial charge >= 0.3 is 6.03 Å². The molecule has 2 rings (SSSR count). The molecule has 1 aromatic rings. The Bertz CT molecular complexity index is 484. The Morgan fingerprint density at radius 2 is 2.36 bits per heavy atom. The fourth-order valence-electron chi connectivity index (χ4n) is 2.42. The highest BCUT2D eigenvalue weighted by molar-refractivity contribution is 6.32. The van der Waals surface area contributed by atoms with E-state index in [1.165, 1.54) is 0 Å². The molecule has 22 heavy (non-hydrogen) atoms. The van der Waals surface area contributed by atoms with E-state index < -0.39 is 0 Å². The Hall–Kier alpha value is -1.46. The number of ether oxygens (including phenoxy) is 2. The van der Waals surface area contributed by atoms with Crippen molar-refractivity contribution < 1.29 is 14.3 Å². The normalized spacial score (nSPS) is 17.3. The van der Waals surface area contributed by atoms with Crippen LogP contribution < -0.4 is 10.1 Å². The van der Waals surface area contributed by atoms with Gasteiger partial charge in [0.2, 0.25) is 0 Å². The predicted molar refractivity (Wildman–Crippen MR) is 86.7 cm³/mol. The lowest BCUT2D eigenvalue weighted by atomic mass is 10.2. The topological polar surface area (TPSA) is 50.8 Å². The largest absolute Gasteiger partial charge is 0.490 e. The summed E-state index contributed by atoms with van der Waals surface area (Å²) >= 11 is 6.08. The molecule has 6 heteroatoms. The molecular weight excluding hydrogens is 304 g/mol. The third kappa shape index (κ3) is 4.78. The van der Waals surface area contributed by atoms with Gasteiger partial charge in [0, 0.05) is 20.2 Å². The maximum Gasteiger partial charge on any atom is 0.317 e. The second-order valence-electron chi connectivity index (χ2n) is 5.48. The summed E-state index contributed by atoms with van der Waals surface area (Å²) in [6, 6.07) is 5.49. The molecule has 0 saturated carbocycles. The van der Waals surface area contributed by atoms with Gasteiger partial charge in [-0.1, -0.05) is 23.7 Å². The second kappa shape index (κ2) is 8.25. The molecule has 1 saturated heterocycles. The lowest BCUT2D eigenvalue weighted by molar-refractivity contribution is 0.0873. The van der Waals surface area contributed by atoms with E-state index in [-0.39, 0.29) is 12.1 Å². The standard InChI is InChI=1S/C16H23ClN2O3/c1-12-5-3-7-14(17)15(12)22-10-8-18-16(20)19(2)11-13-6-4-9-21-13/h3,5,7,13H,4,6,8-11H2,1-2H3,(H,18,20). The van der Waals surface area contributed by atoms with Gasteiger partial charge in [0.15, 0.2) is 0 Å². The molecule has 1 aliphatic rings. The number of carbonyl (C=O) groups excluding carboxylic acids is 1. The minimum absolute atomic E-state index is 0.116. The molecule has 122 valence electrons. The van der Waals surface area contributed by atoms with Crippen molar-refractivity contribution in [3.8, 4) is 5.75 Å². The fourth-order valence-corrected chi connectivity index (χ4v) is 2.70. The summed E-state index contributed by atoms with van der Waals surface area (Å²) in [4.78, 5) is 13.6. The Morgan fingerprint density at radius 3 is 3.05 bits per heavy atom. The van der Waals surface area contributed by atoms with Gasteiger partial charge in [-0.25, -0.2) is 4.79 Å². The van der Waals surface area contributed by atoms with Gasteiger partial charge in [-0.15, -0.1) is 0 Å². The molecule has 1 fully saturated rings. The number of hydrogen-bond donors (Lipinski definition) is 1. The number of nitrogens with zero attached hydrogens (tertiary/aromatic N) is 1. The van der Waals surface area contributed by atoms with E-state index in [1.807, 2.05) is 19.1 Å². The first-order chi connectivity index (χ1) is 10.6. The number of aryl methyl sites for hydroxylation is 1. The molecule has 1 N–H and O–H groups in total. The van der Waals surface area contributed by atoms with Gasteiger partial charge in [0.1, 0.15) is 12.4 Å². The van der Waals surface area contributed by atoms with Crippen LogP contribution in [0.5, 0.6) is 5.75 Å². The van der Waals surface area contributed by atoms with Crippen LogP contribution in [-0.4, -0.2) is 50.4 Å². The summed E-state index contributed by atoms with van der Waals surface area (Å²) in [5.41, 5.74) is 0.981. The van der Waals surface area contributed by atoms with Crippen molar-refractivity contribution in [1.82, 2.24) is 10.2 Å². The number of amides is 2. The Labute approximate surface area is 136 Å². The summed E-state index contributed by atoms with van der Waals surface area (Å²) in [5, 5.41) is 3.41. The van der Waals surface area contributed by atoms with Crippen molar-refractivity contribution in [3.05, 3.63) is 28.8 Å². The van der Waals surface area contributed by atoms with Crippen molar-refractivity contribution in [2.75, 3.05) is 33.4 Å². The summed E-state index contributed by atoms with van der Waals surface area (Å²) in [7, 11) is 1.77. The van der Waals surface area contributed by atoms with Crippen molar-refractivity contribution in [2.45, 2.75) is 25.9 Å². The van der Waals surface area contributed by atoms with E-state index in [9.17, 15) is 4.79 Å². The number of benzene rings is 1. The molecule has 2 amide bonds. The van der Waals surface area contributed by atoms with Crippen LogP contribution in [0, 0.1) is 6.92 Å². The van der Waals surface area contributed by atoms with Crippen LogP contribution in [0.1, 0.15) is 18.4 Å². The maximum atomic E-state index is 12.0. The molecule has 1 aliphatic heterocycles. The first-order valence-corrected chi connectivity index (χ1v) is 7.94. The third-order valence-electron chi connectivity index (χ3n) is 3.64. The number of halogens is 1. The Morgan fingerprint density at radius 1 is 1.55 bits per heavy atom. The molecule has 0 aliphatic carbocycles. The van der Waals surface area contributed by atoms with Crippen LogP contribution in [0.3, 0.4) is 0 Å². The highest BCUT2D eigenvalue weighted by Crippen LogP contribution is 2.27. The monoisotopic (exact) mass is 326 g/mol. The van der Waals surface area contributed by atoms with Crippen LogP contribution in [0.15, 0.2) is 18.2 Å². The minimum atomic E-state index is -0.116. The van der Waals surface area contributed by atoms with Crippen LogP contribution in [0.25, 0.3) is 0 Å². The van der Waals surface area contributed by atoms with Crippen molar-refractivity contribution in [2.24, 2.45) is 0 Å². The van der Waals surface area contributed by atoms with Gasteiger partial charge in [-0.05, 0) is 31.4 Å². The van der Waals surface area contributed by atoms with E-state index in [0.717, 1.165) is 25.0 Å². The third-order valence-corrected chi connectivity index (χ3v) is 3.93. The van der Waals surface area contributed by atoms with Crippen molar-refractivity contribution >= 4 is 17.6 Å². The highest BCUT2D eigenvalue weighted by Gasteiger charge is 2.19. The molecular formula is C16H23ClN2O3. The van der Waals surface area contributed by atoms with Crippen LogP contribution in [0.4, 0.5) is 4.79 Å². The van der Waals surface area contributed by atoms with Gasteiger partial charge in [-0.2, -0.15) is 0 Å². The molecule has 1 atom stereocenters.